The number of aromatic nitrogens is 6. The zero-order valence-corrected chi connectivity index (χ0v) is 39.8. The van der Waals surface area contributed by atoms with Gasteiger partial charge in [0.1, 0.15) is 23.9 Å². The third-order valence-electron chi connectivity index (χ3n) is 13.3. The van der Waals surface area contributed by atoms with Gasteiger partial charge in [0.25, 0.3) is 0 Å². The second-order valence-corrected chi connectivity index (χ2v) is 19.1. The maximum Gasteiger partial charge on any atom is 0.180 e. The summed E-state index contributed by atoms with van der Waals surface area (Å²) in [5.41, 5.74) is 16.9. The largest absolute Gasteiger partial charge is 0.451 e. The van der Waals surface area contributed by atoms with E-state index >= 15 is 0 Å². The molecule has 2 aliphatic heterocycles. The van der Waals surface area contributed by atoms with Crippen molar-refractivity contribution in [2.24, 2.45) is 9.98 Å². The highest BCUT2D eigenvalue weighted by Gasteiger charge is 2.28. The van der Waals surface area contributed by atoms with E-state index in [2.05, 4.69) is 107 Å². The van der Waals surface area contributed by atoms with Crippen LogP contribution in [0.2, 0.25) is 0 Å². The normalized spacial score (nSPS) is 15.6. The highest BCUT2D eigenvalue weighted by atomic mass is 16.3. The molecule has 12 nitrogen and oxygen atoms in total. The lowest BCUT2D eigenvalue weighted by molar-refractivity contribution is 0.0781. The summed E-state index contributed by atoms with van der Waals surface area (Å²) in [5, 5.41) is 23.6. The van der Waals surface area contributed by atoms with Crippen molar-refractivity contribution in [1.82, 2.24) is 29.1 Å². The average molecular weight is 885 g/mol. The van der Waals surface area contributed by atoms with Crippen molar-refractivity contribution in [3.63, 3.8) is 0 Å². The Kier molecular flexibility index (Phi) is 11.8. The van der Waals surface area contributed by atoms with Gasteiger partial charge in [0.2, 0.25) is 0 Å². The van der Waals surface area contributed by atoms with Crippen LogP contribution in [0, 0.1) is 0 Å². The van der Waals surface area contributed by atoms with Crippen LogP contribution in [0.25, 0.3) is 55.0 Å². The quantitative estimate of drug-likeness (QED) is 0.123. The van der Waals surface area contributed by atoms with Gasteiger partial charge in [-0.05, 0) is 115 Å². The first-order valence-electron chi connectivity index (χ1n) is 23.1. The first-order valence-corrected chi connectivity index (χ1v) is 23.1. The molecule has 0 saturated carbocycles. The monoisotopic (exact) mass is 884 g/mol. The molecule has 2 unspecified atom stereocenters. The molecule has 2 aliphatic rings. The van der Waals surface area contributed by atoms with E-state index in [0.29, 0.717) is 0 Å². The lowest BCUT2D eigenvalue weighted by atomic mass is 9.97. The van der Waals surface area contributed by atoms with Crippen LogP contribution >= 0.6 is 0 Å². The van der Waals surface area contributed by atoms with Crippen LogP contribution in [0.1, 0.15) is 141 Å². The topological polar surface area (TPSA) is 153 Å². The highest BCUT2D eigenvalue weighted by Crippen LogP contribution is 2.41. The molecule has 340 valence electrons. The molecule has 0 fully saturated rings. The molecule has 10 rings (SSSR count). The third kappa shape index (κ3) is 8.00. The second kappa shape index (κ2) is 17.4. The number of benzene rings is 2. The molecule has 8 aromatic rings. The zero-order valence-electron chi connectivity index (χ0n) is 39.8. The Balaban J connectivity index is 0.000000166. The smallest absolute Gasteiger partial charge is 0.180 e. The number of hydrogen-bond acceptors (Lipinski definition) is 10. The Morgan fingerprint density at radius 1 is 0.576 bits per heavy atom. The van der Waals surface area contributed by atoms with Gasteiger partial charge in [0, 0.05) is 56.9 Å². The number of oxazole rings is 2. The van der Waals surface area contributed by atoms with E-state index in [1.54, 1.807) is 12.5 Å². The van der Waals surface area contributed by atoms with E-state index in [1.807, 2.05) is 52.2 Å². The van der Waals surface area contributed by atoms with Crippen LogP contribution < -0.4 is 0 Å². The molecule has 8 heterocycles. The second-order valence-electron chi connectivity index (χ2n) is 19.1. The summed E-state index contributed by atoms with van der Waals surface area (Å²) in [4.78, 5) is 28.2. The van der Waals surface area contributed by atoms with Gasteiger partial charge in [-0.2, -0.15) is 0 Å². The van der Waals surface area contributed by atoms with E-state index in [0.717, 1.165) is 128 Å². The summed E-state index contributed by atoms with van der Waals surface area (Å²) in [5.74, 6) is 0. The third-order valence-corrected chi connectivity index (χ3v) is 13.3. The fourth-order valence-electron chi connectivity index (χ4n) is 9.97. The van der Waals surface area contributed by atoms with Crippen LogP contribution in [0.3, 0.4) is 0 Å². The Labute approximate surface area is 385 Å². The van der Waals surface area contributed by atoms with E-state index in [4.69, 9.17) is 18.8 Å². The van der Waals surface area contributed by atoms with Crippen LogP contribution in [-0.4, -0.2) is 63.8 Å². The standard InChI is InChI=1S/2C27H30N4O2/c2*1-6-7-22(21-14-33-15-30-21)31-23-11-19(27(4,5)32)8-9-20(23)26-24(31)10-18(13-29-26)25-16(2)12-28-17(25)3/h2*8-11,13-15,22,32H,6-7,12H2,1-5H3. The van der Waals surface area contributed by atoms with Crippen molar-refractivity contribution in [2.75, 3.05) is 13.1 Å². The van der Waals surface area contributed by atoms with Gasteiger partial charge in [-0.3, -0.25) is 20.0 Å². The van der Waals surface area contributed by atoms with Gasteiger partial charge >= 0.3 is 0 Å². The van der Waals surface area contributed by atoms with Crippen molar-refractivity contribution in [1.29, 1.82) is 0 Å². The first kappa shape index (κ1) is 44.7. The number of allylic oxidation sites excluding steroid dienone is 2. The molecule has 2 N–H and O–H groups in total. The SMILES string of the molecule is CCCC(c1cocn1)n1c2cc(C(C)(C)O)ccc2c2ncc(C3=C(C)CN=C3C)cc21.CCCC(c1cocn1)n1c2cc(C(C)(C)O)ccc2c2ncc(C3=C(C)CN=C3C)cc21. The van der Waals surface area contributed by atoms with Crippen LogP contribution in [0.4, 0.5) is 0 Å². The molecule has 0 spiro atoms. The van der Waals surface area contributed by atoms with E-state index in [9.17, 15) is 10.2 Å². The molecule has 2 aromatic carbocycles. The number of nitrogens with zero attached hydrogens (tertiary/aromatic N) is 8. The Bertz CT molecular complexity index is 3020. The van der Waals surface area contributed by atoms with Gasteiger partial charge in [-0.25, -0.2) is 9.97 Å². The summed E-state index contributed by atoms with van der Waals surface area (Å²) in [6.45, 7) is 21.5. The number of hydrogen-bond donors (Lipinski definition) is 2. The van der Waals surface area contributed by atoms with Crippen molar-refractivity contribution in [3.8, 4) is 0 Å². The molecule has 0 aliphatic carbocycles. The summed E-state index contributed by atoms with van der Waals surface area (Å²) < 4.78 is 15.4. The summed E-state index contributed by atoms with van der Waals surface area (Å²) in [7, 11) is 0. The lowest BCUT2D eigenvalue weighted by Gasteiger charge is -2.21. The Hall–Kier alpha value is -6.50. The fraction of sp³-hybridized carbons (Fsp3) is 0.370. The van der Waals surface area contributed by atoms with Gasteiger partial charge in [-0.15, -0.1) is 0 Å². The number of fused-ring (bicyclic) bond motifs is 6. The number of pyridine rings is 2. The lowest BCUT2D eigenvalue weighted by Crippen LogP contribution is -2.16. The minimum Gasteiger partial charge on any atom is -0.451 e. The van der Waals surface area contributed by atoms with Crippen molar-refractivity contribution in [3.05, 3.63) is 131 Å². The number of aliphatic hydroxyl groups is 2. The maximum atomic E-state index is 10.7. The number of aliphatic imine (C=N–C) groups is 2. The van der Waals surface area contributed by atoms with Crippen LogP contribution in [0.5, 0.6) is 0 Å². The van der Waals surface area contributed by atoms with Crippen molar-refractivity contribution < 1.29 is 19.0 Å². The van der Waals surface area contributed by atoms with E-state index in [1.165, 1.54) is 35.1 Å². The Morgan fingerprint density at radius 3 is 1.30 bits per heavy atom. The summed E-state index contributed by atoms with van der Waals surface area (Å²) >= 11 is 0. The van der Waals surface area contributed by atoms with Gasteiger partial charge < -0.3 is 28.2 Å². The molecule has 0 bridgehead atoms. The maximum absolute atomic E-state index is 10.7. The van der Waals surface area contributed by atoms with Crippen LogP contribution in [-0.2, 0) is 11.2 Å². The minimum atomic E-state index is -0.943. The summed E-state index contributed by atoms with van der Waals surface area (Å²) in [6.07, 6.45) is 14.2. The van der Waals surface area contributed by atoms with Gasteiger partial charge in [-0.1, -0.05) is 51.0 Å². The van der Waals surface area contributed by atoms with Crippen LogP contribution in [0.15, 0.2) is 116 Å². The van der Waals surface area contributed by atoms with E-state index in [-0.39, 0.29) is 12.1 Å². The Morgan fingerprint density at radius 2 is 0.985 bits per heavy atom. The van der Waals surface area contributed by atoms with Crippen molar-refractivity contribution in [2.45, 2.75) is 118 Å². The molecular weight excluding hydrogens is 825 g/mol. The predicted octanol–water partition coefficient (Wildman–Crippen LogP) is 12.1. The zero-order chi connectivity index (χ0) is 46.7. The highest BCUT2D eigenvalue weighted by molar-refractivity contribution is 6.26. The molecule has 0 radical (unpaired) electrons. The van der Waals surface area contributed by atoms with Crippen molar-refractivity contribution >= 4 is 66.4 Å². The average Bonchev–Trinajstić information content (AvgIpc) is 4.16. The first-order chi connectivity index (χ1) is 31.6. The minimum absolute atomic E-state index is 0.00345. The fourth-order valence-corrected chi connectivity index (χ4v) is 9.97. The molecule has 0 saturated heterocycles. The predicted molar refractivity (Wildman–Crippen MR) is 265 cm³/mol. The number of rotatable bonds is 12. The molecule has 0 amide bonds. The summed E-state index contributed by atoms with van der Waals surface area (Å²) in [6, 6.07) is 16.8. The van der Waals surface area contributed by atoms with Gasteiger partial charge in [0.05, 0.1) is 69.5 Å². The van der Waals surface area contributed by atoms with Gasteiger partial charge in [0.15, 0.2) is 12.8 Å². The molecule has 12 heteroatoms. The molecule has 2 atom stereocenters. The molecular formula is C54H60N8O4. The molecule has 66 heavy (non-hydrogen) atoms. The molecule has 6 aromatic heterocycles. The van der Waals surface area contributed by atoms with E-state index < -0.39 is 11.2 Å².